The third-order valence-corrected chi connectivity index (χ3v) is 5.24. The number of amidine groups is 1. The first kappa shape index (κ1) is 15.5. The fourth-order valence-corrected chi connectivity index (χ4v) is 3.98. The number of hydrogen-bond acceptors (Lipinski definition) is 4. The van der Waals surface area contributed by atoms with Gasteiger partial charge in [0, 0.05) is 10.9 Å². The molecule has 1 aromatic carbocycles. The maximum atomic E-state index is 6.13. The van der Waals surface area contributed by atoms with Gasteiger partial charge >= 0.3 is 0 Å². The standard InChI is InChI=1S/C15H21ClN2OS/c1-4-10(5-2)14-9-17-15(20-14)18-11-6-7-13(19-3)12(16)8-11/h6-8,10,14H,4-5,9H2,1-3H3,(H,17,18). The Labute approximate surface area is 130 Å². The van der Waals surface area contributed by atoms with Gasteiger partial charge in [0.1, 0.15) is 5.75 Å². The molecule has 0 aliphatic carbocycles. The fourth-order valence-electron chi connectivity index (χ4n) is 2.39. The van der Waals surface area contributed by atoms with Crippen molar-refractivity contribution in [1.29, 1.82) is 0 Å². The van der Waals surface area contributed by atoms with E-state index in [9.17, 15) is 0 Å². The van der Waals surface area contributed by atoms with E-state index in [-0.39, 0.29) is 0 Å². The zero-order valence-corrected chi connectivity index (χ0v) is 13.7. The smallest absolute Gasteiger partial charge is 0.161 e. The van der Waals surface area contributed by atoms with Crippen LogP contribution in [-0.4, -0.2) is 24.1 Å². The Morgan fingerprint density at radius 2 is 2.20 bits per heavy atom. The van der Waals surface area contributed by atoms with Crippen molar-refractivity contribution in [2.45, 2.75) is 31.9 Å². The first-order valence-corrected chi connectivity index (χ1v) is 8.25. The van der Waals surface area contributed by atoms with Crippen LogP contribution < -0.4 is 10.1 Å². The maximum Gasteiger partial charge on any atom is 0.161 e. The molecule has 0 saturated carbocycles. The molecule has 1 unspecified atom stereocenters. The molecule has 1 heterocycles. The highest BCUT2D eigenvalue weighted by molar-refractivity contribution is 8.15. The van der Waals surface area contributed by atoms with Gasteiger partial charge in [-0.2, -0.15) is 0 Å². The minimum absolute atomic E-state index is 0.598. The van der Waals surface area contributed by atoms with Crippen molar-refractivity contribution < 1.29 is 4.74 Å². The van der Waals surface area contributed by atoms with Gasteiger partial charge in [-0.25, -0.2) is 0 Å². The Morgan fingerprint density at radius 3 is 2.80 bits per heavy atom. The van der Waals surface area contributed by atoms with Crippen molar-refractivity contribution in [3.8, 4) is 5.75 Å². The number of methoxy groups -OCH3 is 1. The summed E-state index contributed by atoms with van der Waals surface area (Å²) in [7, 11) is 1.62. The number of nitrogens with one attached hydrogen (secondary N) is 1. The van der Waals surface area contributed by atoms with Gasteiger partial charge in [0.2, 0.25) is 0 Å². The SMILES string of the molecule is CCC(CC)C1CN=C(Nc2ccc(OC)c(Cl)c2)S1. The summed E-state index contributed by atoms with van der Waals surface area (Å²) in [5, 5.41) is 5.54. The van der Waals surface area contributed by atoms with E-state index >= 15 is 0 Å². The van der Waals surface area contributed by atoms with Crippen LogP contribution in [0.5, 0.6) is 5.75 Å². The molecular formula is C15H21ClN2OS. The van der Waals surface area contributed by atoms with Gasteiger partial charge in [0.25, 0.3) is 0 Å². The van der Waals surface area contributed by atoms with Crippen molar-refractivity contribution in [3.63, 3.8) is 0 Å². The molecule has 0 fully saturated rings. The van der Waals surface area contributed by atoms with Gasteiger partial charge in [-0.3, -0.25) is 4.99 Å². The lowest BCUT2D eigenvalue weighted by Gasteiger charge is -2.18. The summed E-state index contributed by atoms with van der Waals surface area (Å²) in [6.45, 7) is 5.41. The van der Waals surface area contributed by atoms with E-state index in [1.807, 2.05) is 30.0 Å². The lowest BCUT2D eigenvalue weighted by atomic mass is 9.99. The van der Waals surface area contributed by atoms with Crippen LogP contribution in [-0.2, 0) is 0 Å². The van der Waals surface area contributed by atoms with E-state index in [2.05, 4.69) is 24.2 Å². The lowest BCUT2D eigenvalue weighted by molar-refractivity contribution is 0.415. The monoisotopic (exact) mass is 312 g/mol. The topological polar surface area (TPSA) is 33.6 Å². The van der Waals surface area contributed by atoms with Crippen molar-refractivity contribution in [2.24, 2.45) is 10.9 Å². The molecule has 1 N–H and O–H groups in total. The predicted molar refractivity (Wildman–Crippen MR) is 89.4 cm³/mol. The van der Waals surface area contributed by atoms with Gasteiger partial charge < -0.3 is 10.1 Å². The van der Waals surface area contributed by atoms with Crippen molar-refractivity contribution in [1.82, 2.24) is 0 Å². The Kier molecular flexibility index (Phi) is 5.61. The predicted octanol–water partition coefficient (Wildman–Crippen LogP) is 4.67. The highest BCUT2D eigenvalue weighted by Gasteiger charge is 2.25. The molecular weight excluding hydrogens is 292 g/mol. The summed E-state index contributed by atoms with van der Waals surface area (Å²) in [6, 6.07) is 5.69. The molecule has 0 radical (unpaired) electrons. The highest BCUT2D eigenvalue weighted by atomic mass is 35.5. The minimum atomic E-state index is 0.598. The van der Waals surface area contributed by atoms with Crippen molar-refractivity contribution in [2.75, 3.05) is 19.0 Å². The van der Waals surface area contributed by atoms with Gasteiger partial charge in [-0.05, 0) is 24.1 Å². The first-order chi connectivity index (χ1) is 9.67. The molecule has 0 aromatic heterocycles. The van der Waals surface area contributed by atoms with E-state index < -0.39 is 0 Å². The van der Waals surface area contributed by atoms with Crippen molar-refractivity contribution in [3.05, 3.63) is 23.2 Å². The number of aliphatic imine (C=N–C) groups is 1. The van der Waals surface area contributed by atoms with Gasteiger partial charge in [0.15, 0.2) is 5.17 Å². The molecule has 0 bridgehead atoms. The molecule has 2 rings (SSSR count). The number of thioether (sulfide) groups is 1. The lowest BCUT2D eigenvalue weighted by Crippen LogP contribution is -2.17. The highest BCUT2D eigenvalue weighted by Crippen LogP contribution is 2.33. The summed E-state index contributed by atoms with van der Waals surface area (Å²) < 4.78 is 5.15. The average molecular weight is 313 g/mol. The minimum Gasteiger partial charge on any atom is -0.495 e. The van der Waals surface area contributed by atoms with Crippen LogP contribution >= 0.6 is 23.4 Å². The maximum absolute atomic E-state index is 6.13. The second-order valence-corrected chi connectivity index (χ2v) is 6.49. The second-order valence-electron chi connectivity index (χ2n) is 4.85. The molecule has 20 heavy (non-hydrogen) atoms. The summed E-state index contributed by atoms with van der Waals surface area (Å²) >= 11 is 7.97. The Balaban J connectivity index is 1.97. The summed E-state index contributed by atoms with van der Waals surface area (Å²) in [5.41, 5.74) is 0.951. The largest absolute Gasteiger partial charge is 0.495 e. The molecule has 3 nitrogen and oxygen atoms in total. The van der Waals surface area contributed by atoms with Gasteiger partial charge in [-0.15, -0.1) is 0 Å². The van der Waals surface area contributed by atoms with E-state index in [1.54, 1.807) is 7.11 Å². The fraction of sp³-hybridized carbons (Fsp3) is 0.533. The number of hydrogen-bond donors (Lipinski definition) is 1. The third-order valence-electron chi connectivity index (χ3n) is 3.66. The Hall–Kier alpha value is -0.870. The van der Waals surface area contributed by atoms with Gasteiger partial charge in [-0.1, -0.05) is 50.1 Å². The second kappa shape index (κ2) is 7.23. The van der Waals surface area contributed by atoms with E-state index in [1.165, 1.54) is 12.8 Å². The number of nitrogens with zero attached hydrogens (tertiary/aromatic N) is 1. The van der Waals surface area contributed by atoms with Crippen LogP contribution in [0.2, 0.25) is 5.02 Å². The number of anilines is 1. The van der Waals surface area contributed by atoms with Crippen LogP contribution in [0.1, 0.15) is 26.7 Å². The van der Waals surface area contributed by atoms with Crippen LogP contribution in [0.15, 0.2) is 23.2 Å². The normalized spacial score (nSPS) is 18.2. The molecule has 1 aromatic rings. The number of ether oxygens (including phenoxy) is 1. The third kappa shape index (κ3) is 3.61. The number of benzene rings is 1. The average Bonchev–Trinajstić information content (AvgIpc) is 2.89. The molecule has 1 aliphatic rings. The Bertz CT molecular complexity index is 489. The molecule has 110 valence electrons. The molecule has 1 aliphatic heterocycles. The number of halogens is 1. The summed E-state index contributed by atoms with van der Waals surface area (Å²) in [4.78, 5) is 4.60. The molecule has 5 heteroatoms. The quantitative estimate of drug-likeness (QED) is 0.858. The molecule has 0 spiro atoms. The Morgan fingerprint density at radius 1 is 1.45 bits per heavy atom. The first-order valence-electron chi connectivity index (χ1n) is 6.99. The number of rotatable bonds is 5. The van der Waals surface area contributed by atoms with E-state index in [4.69, 9.17) is 16.3 Å². The molecule has 1 atom stereocenters. The van der Waals surface area contributed by atoms with Gasteiger partial charge in [0.05, 0.1) is 18.7 Å². The van der Waals surface area contributed by atoms with Crippen molar-refractivity contribution >= 4 is 34.2 Å². The van der Waals surface area contributed by atoms with Crippen LogP contribution in [0, 0.1) is 5.92 Å². The molecule has 0 saturated heterocycles. The van der Waals surface area contributed by atoms with E-state index in [0.29, 0.717) is 16.0 Å². The van der Waals surface area contributed by atoms with Crippen LogP contribution in [0.3, 0.4) is 0 Å². The molecule has 0 amide bonds. The summed E-state index contributed by atoms with van der Waals surface area (Å²) in [5.74, 6) is 1.43. The van der Waals surface area contributed by atoms with Crippen LogP contribution in [0.25, 0.3) is 0 Å². The summed E-state index contributed by atoms with van der Waals surface area (Å²) in [6.07, 6.45) is 2.43. The zero-order valence-electron chi connectivity index (χ0n) is 12.1. The van der Waals surface area contributed by atoms with E-state index in [0.717, 1.165) is 23.3 Å². The zero-order chi connectivity index (χ0) is 14.5. The van der Waals surface area contributed by atoms with Crippen LogP contribution in [0.4, 0.5) is 5.69 Å².